The molecule has 0 amide bonds. The third-order valence-corrected chi connectivity index (χ3v) is 3.62. The first-order chi connectivity index (χ1) is 9.56. The van der Waals surface area contributed by atoms with Crippen LogP contribution < -0.4 is 11.1 Å². The molecule has 0 saturated carbocycles. The van der Waals surface area contributed by atoms with Gasteiger partial charge in [0, 0.05) is 24.3 Å². The van der Waals surface area contributed by atoms with Gasteiger partial charge in [0.15, 0.2) is 0 Å². The molecule has 1 aliphatic heterocycles. The number of nitro groups is 1. The zero-order valence-electron chi connectivity index (χ0n) is 11.8. The number of piperidine rings is 1. The first-order valence-electron chi connectivity index (χ1n) is 7.09. The number of nitrogens with two attached hydrogens (primary N) is 1. The summed E-state index contributed by atoms with van der Waals surface area (Å²) in [5.74, 6) is 0. The maximum absolute atomic E-state index is 10.7. The maximum atomic E-state index is 10.7. The highest BCUT2D eigenvalue weighted by atomic mass is 16.6. The third-order valence-electron chi connectivity index (χ3n) is 3.62. The van der Waals surface area contributed by atoms with Gasteiger partial charge in [-0.15, -0.1) is 0 Å². The second kappa shape index (κ2) is 6.56. The lowest BCUT2D eigenvalue weighted by Crippen LogP contribution is -2.38. The molecule has 3 N–H and O–H groups in total. The molecule has 1 atom stereocenters. The Balaban J connectivity index is 1.92. The number of hydrogen-bond donors (Lipinski definition) is 2. The largest absolute Gasteiger partial charge is 0.393 e. The lowest BCUT2D eigenvalue weighted by atomic mass is 10.1. The van der Waals surface area contributed by atoms with E-state index in [-0.39, 0.29) is 17.4 Å². The summed E-state index contributed by atoms with van der Waals surface area (Å²) in [7, 11) is 0. The number of nitro benzene ring substituents is 1. The summed E-state index contributed by atoms with van der Waals surface area (Å²) in [5.41, 5.74) is 6.68. The van der Waals surface area contributed by atoms with Crippen LogP contribution in [0.5, 0.6) is 0 Å². The smallest absolute Gasteiger partial charge is 0.292 e. The monoisotopic (exact) mass is 278 g/mol. The lowest BCUT2D eigenvalue weighted by Gasteiger charge is -2.29. The van der Waals surface area contributed by atoms with Crippen LogP contribution in [0.2, 0.25) is 0 Å². The van der Waals surface area contributed by atoms with Crippen molar-refractivity contribution >= 4 is 17.1 Å². The molecule has 20 heavy (non-hydrogen) atoms. The standard InChI is InChI=1S/C14H22N4O2/c1-11(10-17-7-3-2-4-8-17)16-12-5-6-14(18(19)20)13(15)9-12/h5-6,9,11,16H,2-4,7-8,10,15H2,1H3. The van der Waals surface area contributed by atoms with Crippen LogP contribution >= 0.6 is 0 Å². The van der Waals surface area contributed by atoms with Crippen molar-refractivity contribution in [1.29, 1.82) is 0 Å². The summed E-state index contributed by atoms with van der Waals surface area (Å²) in [6.45, 7) is 5.42. The minimum absolute atomic E-state index is 0.0424. The van der Waals surface area contributed by atoms with Gasteiger partial charge in [0.25, 0.3) is 5.69 Å². The summed E-state index contributed by atoms with van der Waals surface area (Å²) in [6.07, 6.45) is 3.88. The van der Waals surface area contributed by atoms with Gasteiger partial charge in [0.2, 0.25) is 0 Å². The number of rotatable bonds is 5. The van der Waals surface area contributed by atoms with Crippen LogP contribution in [0.15, 0.2) is 18.2 Å². The average molecular weight is 278 g/mol. The van der Waals surface area contributed by atoms with Gasteiger partial charge in [-0.25, -0.2) is 0 Å². The van der Waals surface area contributed by atoms with Crippen LogP contribution in [0.1, 0.15) is 26.2 Å². The summed E-state index contributed by atoms with van der Waals surface area (Å²) in [4.78, 5) is 12.7. The molecule has 6 nitrogen and oxygen atoms in total. The fourth-order valence-electron chi connectivity index (χ4n) is 2.67. The number of nitrogens with one attached hydrogen (secondary N) is 1. The molecule has 2 rings (SSSR count). The molecule has 0 radical (unpaired) electrons. The molecular weight excluding hydrogens is 256 g/mol. The van der Waals surface area contributed by atoms with Crippen molar-refractivity contribution in [3.8, 4) is 0 Å². The first kappa shape index (κ1) is 14.6. The Bertz CT molecular complexity index is 472. The maximum Gasteiger partial charge on any atom is 0.292 e. The van der Waals surface area contributed by atoms with E-state index in [4.69, 9.17) is 5.73 Å². The van der Waals surface area contributed by atoms with Gasteiger partial charge < -0.3 is 16.0 Å². The zero-order valence-corrected chi connectivity index (χ0v) is 11.8. The first-order valence-corrected chi connectivity index (χ1v) is 7.09. The molecule has 1 aliphatic rings. The van der Waals surface area contributed by atoms with Crippen molar-refractivity contribution in [2.75, 3.05) is 30.7 Å². The van der Waals surface area contributed by atoms with Crippen molar-refractivity contribution in [1.82, 2.24) is 4.90 Å². The highest BCUT2D eigenvalue weighted by Crippen LogP contribution is 2.25. The SMILES string of the molecule is CC(CN1CCCCC1)Nc1ccc([N+](=O)[O-])c(N)c1. The van der Waals surface area contributed by atoms with Crippen LogP contribution in [0, 0.1) is 10.1 Å². The van der Waals surface area contributed by atoms with Crippen LogP contribution in [0.3, 0.4) is 0 Å². The molecule has 1 aromatic rings. The zero-order chi connectivity index (χ0) is 14.5. The Kier molecular flexibility index (Phi) is 4.79. The van der Waals surface area contributed by atoms with Crippen LogP contribution in [-0.4, -0.2) is 35.5 Å². The highest BCUT2D eigenvalue weighted by molar-refractivity contribution is 5.66. The number of hydrogen-bond acceptors (Lipinski definition) is 5. The quantitative estimate of drug-likeness (QED) is 0.491. The summed E-state index contributed by atoms with van der Waals surface area (Å²) in [5, 5.41) is 14.1. The topological polar surface area (TPSA) is 84.4 Å². The fourth-order valence-corrected chi connectivity index (χ4v) is 2.67. The molecule has 1 unspecified atom stereocenters. The molecule has 0 aliphatic carbocycles. The Morgan fingerprint density at radius 2 is 2.10 bits per heavy atom. The molecule has 1 fully saturated rings. The lowest BCUT2D eigenvalue weighted by molar-refractivity contribution is -0.383. The van der Waals surface area contributed by atoms with E-state index in [1.54, 1.807) is 12.1 Å². The number of anilines is 2. The predicted octanol–water partition coefficient (Wildman–Crippen LogP) is 2.46. The normalized spacial score (nSPS) is 17.6. The Morgan fingerprint density at radius 3 is 2.70 bits per heavy atom. The fraction of sp³-hybridized carbons (Fsp3) is 0.571. The van der Waals surface area contributed by atoms with E-state index in [0.717, 1.165) is 25.3 Å². The van der Waals surface area contributed by atoms with E-state index in [2.05, 4.69) is 17.1 Å². The van der Waals surface area contributed by atoms with Gasteiger partial charge in [0.1, 0.15) is 5.69 Å². The van der Waals surface area contributed by atoms with Crippen LogP contribution in [-0.2, 0) is 0 Å². The molecular formula is C14H22N4O2. The van der Waals surface area contributed by atoms with Gasteiger partial charge >= 0.3 is 0 Å². The minimum atomic E-state index is -0.462. The molecule has 1 saturated heterocycles. The molecule has 1 heterocycles. The van der Waals surface area contributed by atoms with Crippen molar-refractivity contribution in [2.24, 2.45) is 0 Å². The Hall–Kier alpha value is -1.82. The van der Waals surface area contributed by atoms with E-state index in [9.17, 15) is 10.1 Å². The molecule has 0 spiro atoms. The molecule has 0 aromatic heterocycles. The van der Waals surface area contributed by atoms with Gasteiger partial charge in [-0.2, -0.15) is 0 Å². The van der Waals surface area contributed by atoms with E-state index >= 15 is 0 Å². The molecule has 1 aromatic carbocycles. The van der Waals surface area contributed by atoms with Gasteiger partial charge in [-0.3, -0.25) is 10.1 Å². The van der Waals surface area contributed by atoms with Crippen LogP contribution in [0.4, 0.5) is 17.1 Å². The van der Waals surface area contributed by atoms with E-state index in [0.29, 0.717) is 0 Å². The van der Waals surface area contributed by atoms with E-state index in [1.807, 2.05) is 0 Å². The summed E-state index contributed by atoms with van der Waals surface area (Å²) in [6, 6.07) is 5.08. The van der Waals surface area contributed by atoms with Crippen molar-refractivity contribution < 1.29 is 4.92 Å². The number of likely N-dealkylation sites (tertiary alicyclic amines) is 1. The highest BCUT2D eigenvalue weighted by Gasteiger charge is 2.15. The minimum Gasteiger partial charge on any atom is -0.393 e. The third kappa shape index (κ3) is 3.84. The van der Waals surface area contributed by atoms with Gasteiger partial charge in [-0.1, -0.05) is 6.42 Å². The van der Waals surface area contributed by atoms with Crippen molar-refractivity contribution in [2.45, 2.75) is 32.2 Å². The summed E-state index contributed by atoms with van der Waals surface area (Å²) < 4.78 is 0. The van der Waals surface area contributed by atoms with Crippen LogP contribution in [0.25, 0.3) is 0 Å². The summed E-state index contributed by atoms with van der Waals surface area (Å²) >= 11 is 0. The average Bonchev–Trinajstić information content (AvgIpc) is 2.39. The van der Waals surface area contributed by atoms with E-state index < -0.39 is 4.92 Å². The number of benzene rings is 1. The Morgan fingerprint density at radius 1 is 1.40 bits per heavy atom. The number of nitrogen functional groups attached to an aromatic ring is 1. The predicted molar refractivity (Wildman–Crippen MR) is 80.9 cm³/mol. The van der Waals surface area contributed by atoms with Gasteiger partial charge in [0.05, 0.1) is 4.92 Å². The number of nitrogens with zero attached hydrogens (tertiary/aromatic N) is 2. The molecule has 0 bridgehead atoms. The second-order valence-corrected chi connectivity index (χ2v) is 5.44. The van der Waals surface area contributed by atoms with E-state index in [1.165, 1.54) is 25.3 Å². The Labute approximate surface area is 119 Å². The molecule has 6 heteroatoms. The molecule has 110 valence electrons. The second-order valence-electron chi connectivity index (χ2n) is 5.44. The van der Waals surface area contributed by atoms with Crippen molar-refractivity contribution in [3.63, 3.8) is 0 Å². The van der Waals surface area contributed by atoms with Gasteiger partial charge in [-0.05, 0) is 45.0 Å². The van der Waals surface area contributed by atoms with Crippen molar-refractivity contribution in [3.05, 3.63) is 28.3 Å².